The van der Waals surface area contributed by atoms with Gasteiger partial charge in [0.15, 0.2) is 0 Å². The third kappa shape index (κ3) is 4.34. The van der Waals surface area contributed by atoms with E-state index in [1.165, 1.54) is 0 Å². The van der Waals surface area contributed by atoms with Crippen LogP contribution in [-0.2, 0) is 0 Å². The van der Waals surface area contributed by atoms with Crippen molar-refractivity contribution in [2.75, 3.05) is 0 Å². The van der Waals surface area contributed by atoms with Gasteiger partial charge in [-0.3, -0.25) is 0 Å². The maximum Gasteiger partial charge on any atom is 0.0192 e. The summed E-state index contributed by atoms with van der Waals surface area (Å²) in [4.78, 5) is 0. The first-order valence-corrected chi connectivity index (χ1v) is 8.30. The van der Waals surface area contributed by atoms with Gasteiger partial charge in [0, 0.05) is 17.9 Å². The normalized spacial score (nSPS) is 11.1. The van der Waals surface area contributed by atoms with Crippen LogP contribution in [0.1, 0.15) is 11.1 Å². The quantitative estimate of drug-likeness (QED) is 0.397. The number of hydrogen-bond acceptors (Lipinski definition) is 0. The van der Waals surface area contributed by atoms with Gasteiger partial charge >= 0.3 is 0 Å². The van der Waals surface area contributed by atoms with E-state index in [1.54, 1.807) is 0 Å². The van der Waals surface area contributed by atoms with Crippen molar-refractivity contribution in [2.24, 2.45) is 0 Å². The summed E-state index contributed by atoms with van der Waals surface area (Å²) in [5, 5.41) is 0. The first-order chi connectivity index (χ1) is 8.52. The number of benzene rings is 2. The highest BCUT2D eigenvalue weighted by molar-refractivity contribution is 9.11. The van der Waals surface area contributed by atoms with Crippen molar-refractivity contribution in [1.82, 2.24) is 0 Å². The molecule has 92 valence electrons. The lowest BCUT2D eigenvalue weighted by Crippen LogP contribution is -1.76. The van der Waals surface area contributed by atoms with E-state index in [1.807, 2.05) is 12.1 Å². The standard InChI is InChI=1S/C14H8Br4/c15-11-3-9(4-12(16)7-11)1-2-10-5-13(17)8-14(18)6-10/h1-8H. The van der Waals surface area contributed by atoms with Crippen LogP contribution < -0.4 is 0 Å². The van der Waals surface area contributed by atoms with Crippen molar-refractivity contribution >= 4 is 75.9 Å². The minimum Gasteiger partial charge on any atom is -0.0543 e. The molecule has 0 N–H and O–H groups in total. The van der Waals surface area contributed by atoms with E-state index in [4.69, 9.17) is 0 Å². The Morgan fingerprint density at radius 1 is 0.500 bits per heavy atom. The molecule has 0 aromatic heterocycles. The highest BCUT2D eigenvalue weighted by Crippen LogP contribution is 2.24. The minimum absolute atomic E-state index is 1.06. The van der Waals surface area contributed by atoms with Crippen LogP contribution in [0.5, 0.6) is 0 Å². The topological polar surface area (TPSA) is 0 Å². The summed E-state index contributed by atoms with van der Waals surface area (Å²) in [5.41, 5.74) is 2.29. The van der Waals surface area contributed by atoms with E-state index in [0.717, 1.165) is 29.0 Å². The maximum absolute atomic E-state index is 3.48. The molecule has 2 aromatic rings. The van der Waals surface area contributed by atoms with Crippen molar-refractivity contribution in [3.8, 4) is 0 Å². The summed E-state index contributed by atoms with van der Waals surface area (Å²) >= 11 is 13.9. The Morgan fingerprint density at radius 2 is 0.778 bits per heavy atom. The summed E-state index contributed by atoms with van der Waals surface area (Å²) < 4.78 is 4.25. The number of rotatable bonds is 2. The fourth-order valence-electron chi connectivity index (χ4n) is 1.54. The Kier molecular flexibility index (Phi) is 5.24. The van der Waals surface area contributed by atoms with Crippen molar-refractivity contribution in [3.05, 3.63) is 65.4 Å². The maximum atomic E-state index is 3.48. The first-order valence-electron chi connectivity index (χ1n) is 5.13. The third-order valence-corrected chi connectivity index (χ3v) is 4.07. The molecule has 0 unspecified atom stereocenters. The van der Waals surface area contributed by atoms with Gasteiger partial charge in [-0.2, -0.15) is 0 Å². The molecule has 0 atom stereocenters. The van der Waals surface area contributed by atoms with Crippen LogP contribution in [0.15, 0.2) is 54.3 Å². The molecule has 0 radical (unpaired) electrons. The van der Waals surface area contributed by atoms with Crippen LogP contribution in [0, 0.1) is 0 Å². The van der Waals surface area contributed by atoms with Crippen LogP contribution >= 0.6 is 63.7 Å². The highest BCUT2D eigenvalue weighted by Gasteiger charge is 1.96. The molecule has 0 heterocycles. The molecule has 0 saturated heterocycles. The van der Waals surface area contributed by atoms with Gasteiger partial charge in [-0.15, -0.1) is 0 Å². The van der Waals surface area contributed by atoms with E-state index in [-0.39, 0.29) is 0 Å². The molecule has 0 saturated carbocycles. The molecule has 0 aliphatic heterocycles. The molecule has 4 heteroatoms. The second-order valence-corrected chi connectivity index (χ2v) is 7.40. The van der Waals surface area contributed by atoms with Crippen LogP contribution in [0.2, 0.25) is 0 Å². The monoisotopic (exact) mass is 492 g/mol. The average Bonchev–Trinajstić information content (AvgIpc) is 2.23. The predicted molar refractivity (Wildman–Crippen MR) is 92.6 cm³/mol. The van der Waals surface area contributed by atoms with E-state index in [0.29, 0.717) is 0 Å². The molecule has 0 nitrogen and oxygen atoms in total. The Hall–Kier alpha value is 0.1000. The Balaban J connectivity index is 2.29. The molecule has 2 rings (SSSR count). The number of hydrogen-bond donors (Lipinski definition) is 0. The highest BCUT2D eigenvalue weighted by atomic mass is 79.9. The fourth-order valence-corrected chi connectivity index (χ4v) is 4.19. The third-order valence-electron chi connectivity index (χ3n) is 2.24. The summed E-state index contributed by atoms with van der Waals surface area (Å²) in [6, 6.07) is 12.4. The van der Waals surface area contributed by atoms with Crippen molar-refractivity contribution < 1.29 is 0 Å². The van der Waals surface area contributed by atoms with Gasteiger partial charge < -0.3 is 0 Å². The lowest BCUT2D eigenvalue weighted by molar-refractivity contribution is 1.55. The fraction of sp³-hybridized carbons (Fsp3) is 0. The van der Waals surface area contributed by atoms with Gasteiger partial charge in [0.1, 0.15) is 0 Å². The lowest BCUT2D eigenvalue weighted by Gasteiger charge is -2.00. The molecular weight excluding hydrogens is 488 g/mol. The molecular formula is C14H8Br4. The lowest BCUT2D eigenvalue weighted by atomic mass is 10.1. The van der Waals surface area contributed by atoms with Gasteiger partial charge in [-0.25, -0.2) is 0 Å². The van der Waals surface area contributed by atoms with E-state index in [9.17, 15) is 0 Å². The zero-order chi connectivity index (χ0) is 13.1. The largest absolute Gasteiger partial charge is 0.0543 e. The Labute approximate surface area is 140 Å². The van der Waals surface area contributed by atoms with Crippen molar-refractivity contribution in [2.45, 2.75) is 0 Å². The molecule has 0 amide bonds. The molecule has 0 aliphatic rings. The summed E-state index contributed by atoms with van der Waals surface area (Å²) in [6.07, 6.45) is 4.17. The average molecular weight is 496 g/mol. The first kappa shape index (κ1) is 14.5. The van der Waals surface area contributed by atoms with Crippen LogP contribution in [0.4, 0.5) is 0 Å². The zero-order valence-electron chi connectivity index (χ0n) is 9.13. The summed E-state index contributed by atoms with van der Waals surface area (Å²) in [7, 11) is 0. The van der Waals surface area contributed by atoms with Gasteiger partial charge in [-0.05, 0) is 47.5 Å². The van der Waals surface area contributed by atoms with Gasteiger partial charge in [0.25, 0.3) is 0 Å². The van der Waals surface area contributed by atoms with Gasteiger partial charge in [0.05, 0.1) is 0 Å². The SMILES string of the molecule is Brc1cc(Br)cc(C=Cc2cc(Br)cc(Br)c2)c1. The molecule has 0 bridgehead atoms. The smallest absolute Gasteiger partial charge is 0.0192 e. The predicted octanol–water partition coefficient (Wildman–Crippen LogP) is 6.91. The van der Waals surface area contributed by atoms with Crippen LogP contribution in [0.3, 0.4) is 0 Å². The molecule has 0 fully saturated rings. The van der Waals surface area contributed by atoms with E-state index in [2.05, 4.69) is 100 Å². The second-order valence-electron chi connectivity index (χ2n) is 3.74. The van der Waals surface area contributed by atoms with Gasteiger partial charge in [0.2, 0.25) is 0 Å². The Morgan fingerprint density at radius 3 is 1.06 bits per heavy atom. The molecule has 2 aromatic carbocycles. The number of halogens is 4. The Bertz CT molecular complexity index is 509. The second kappa shape index (κ2) is 6.51. The van der Waals surface area contributed by atoms with E-state index < -0.39 is 0 Å². The van der Waals surface area contributed by atoms with E-state index >= 15 is 0 Å². The zero-order valence-corrected chi connectivity index (χ0v) is 15.5. The minimum atomic E-state index is 1.06. The van der Waals surface area contributed by atoms with Crippen molar-refractivity contribution in [3.63, 3.8) is 0 Å². The van der Waals surface area contributed by atoms with Crippen LogP contribution in [0.25, 0.3) is 12.2 Å². The molecule has 18 heavy (non-hydrogen) atoms. The van der Waals surface area contributed by atoms with Gasteiger partial charge in [-0.1, -0.05) is 75.9 Å². The van der Waals surface area contributed by atoms with Crippen LogP contribution in [-0.4, -0.2) is 0 Å². The summed E-state index contributed by atoms with van der Waals surface area (Å²) in [6.45, 7) is 0. The van der Waals surface area contributed by atoms with Crippen molar-refractivity contribution in [1.29, 1.82) is 0 Å². The summed E-state index contributed by atoms with van der Waals surface area (Å²) in [5.74, 6) is 0. The molecule has 0 aliphatic carbocycles. The molecule has 0 spiro atoms.